The number of nitrogens with one attached hydrogen (secondary N) is 1. The molecule has 0 fully saturated rings. The first-order valence-electron chi connectivity index (χ1n) is 6.02. The van der Waals surface area contributed by atoms with Gasteiger partial charge in [0.05, 0.1) is 6.54 Å². The minimum atomic E-state index is -2.38. The molecule has 0 aliphatic carbocycles. The lowest BCUT2D eigenvalue weighted by atomic mass is 10.0. The zero-order chi connectivity index (χ0) is 14.4. The smallest absolute Gasteiger partial charge is 0.251 e. The first kappa shape index (κ1) is 15.9. The van der Waals surface area contributed by atoms with E-state index in [9.17, 15) is 17.6 Å². The summed E-state index contributed by atoms with van der Waals surface area (Å²) < 4.78 is 50.6. The summed E-state index contributed by atoms with van der Waals surface area (Å²) in [4.78, 5) is 1.49. The average molecular weight is 278 g/mol. The van der Waals surface area contributed by atoms with E-state index in [0.29, 0.717) is 18.5 Å². The molecule has 6 heteroatoms. The van der Waals surface area contributed by atoms with Gasteiger partial charge in [0.15, 0.2) is 0 Å². The molecule has 1 rings (SSSR count). The first-order chi connectivity index (χ1) is 8.92. The SMILES string of the molecule is CNC(CCN(C)CC(F)F)c1cc(F)cc(F)c1. The number of nitrogens with zero attached hydrogens (tertiary/aromatic N) is 1. The summed E-state index contributed by atoms with van der Waals surface area (Å²) in [5.41, 5.74) is 0.477. The zero-order valence-corrected chi connectivity index (χ0v) is 11.0. The van der Waals surface area contributed by atoms with Crippen molar-refractivity contribution in [1.82, 2.24) is 10.2 Å². The topological polar surface area (TPSA) is 15.3 Å². The van der Waals surface area contributed by atoms with Crippen LogP contribution in [0.15, 0.2) is 18.2 Å². The third-order valence-corrected chi connectivity index (χ3v) is 2.88. The molecule has 0 aromatic heterocycles. The van der Waals surface area contributed by atoms with Gasteiger partial charge in [-0.2, -0.15) is 0 Å². The fourth-order valence-electron chi connectivity index (χ4n) is 1.93. The van der Waals surface area contributed by atoms with E-state index >= 15 is 0 Å². The maximum absolute atomic E-state index is 13.1. The Morgan fingerprint density at radius 2 is 1.74 bits per heavy atom. The van der Waals surface area contributed by atoms with Gasteiger partial charge < -0.3 is 10.2 Å². The highest BCUT2D eigenvalue weighted by Gasteiger charge is 2.14. The molecule has 0 saturated heterocycles. The van der Waals surface area contributed by atoms with Gasteiger partial charge in [0.25, 0.3) is 6.43 Å². The lowest BCUT2D eigenvalue weighted by Gasteiger charge is -2.21. The Labute approximate surface area is 110 Å². The van der Waals surface area contributed by atoms with Crippen molar-refractivity contribution in [2.75, 3.05) is 27.2 Å². The molecule has 1 aromatic carbocycles. The quantitative estimate of drug-likeness (QED) is 0.772. The van der Waals surface area contributed by atoms with E-state index in [-0.39, 0.29) is 12.6 Å². The highest BCUT2D eigenvalue weighted by molar-refractivity contribution is 5.21. The molecule has 0 bridgehead atoms. The number of halogens is 4. The Balaban J connectivity index is 2.62. The molecular formula is C13H18F4N2. The predicted octanol–water partition coefficient (Wildman–Crippen LogP) is 2.81. The summed E-state index contributed by atoms with van der Waals surface area (Å²) in [7, 11) is 3.26. The van der Waals surface area contributed by atoms with Crippen molar-refractivity contribution in [3.8, 4) is 0 Å². The van der Waals surface area contributed by atoms with Gasteiger partial charge in [-0.1, -0.05) is 0 Å². The monoisotopic (exact) mass is 278 g/mol. The van der Waals surface area contributed by atoms with E-state index in [1.807, 2.05) is 0 Å². The highest BCUT2D eigenvalue weighted by Crippen LogP contribution is 2.19. The zero-order valence-electron chi connectivity index (χ0n) is 11.0. The van der Waals surface area contributed by atoms with Crippen LogP contribution in [0.1, 0.15) is 18.0 Å². The van der Waals surface area contributed by atoms with Crippen LogP contribution in [-0.2, 0) is 0 Å². The summed E-state index contributed by atoms with van der Waals surface area (Å²) in [5, 5.41) is 2.93. The number of rotatable bonds is 7. The van der Waals surface area contributed by atoms with Crippen LogP contribution in [0.3, 0.4) is 0 Å². The van der Waals surface area contributed by atoms with E-state index in [4.69, 9.17) is 0 Å². The van der Waals surface area contributed by atoms with E-state index in [1.54, 1.807) is 14.1 Å². The standard InChI is InChI=1S/C13H18F4N2/c1-18-12(3-4-19(2)8-13(16)17)9-5-10(14)7-11(15)6-9/h5-7,12-13,18H,3-4,8H2,1-2H3. The van der Waals surface area contributed by atoms with Crippen LogP contribution in [0.2, 0.25) is 0 Å². The Kier molecular flexibility index (Phi) is 6.24. The van der Waals surface area contributed by atoms with E-state index < -0.39 is 18.1 Å². The normalized spacial score (nSPS) is 13.3. The molecule has 0 spiro atoms. The van der Waals surface area contributed by atoms with Gasteiger partial charge in [-0.3, -0.25) is 0 Å². The number of hydrogen-bond acceptors (Lipinski definition) is 2. The Morgan fingerprint density at radius 3 is 2.21 bits per heavy atom. The molecule has 0 aliphatic heterocycles. The maximum Gasteiger partial charge on any atom is 0.251 e. The van der Waals surface area contributed by atoms with Crippen LogP contribution < -0.4 is 5.32 Å². The molecule has 1 N–H and O–H groups in total. The van der Waals surface area contributed by atoms with Crippen LogP contribution in [0.4, 0.5) is 17.6 Å². The number of benzene rings is 1. The largest absolute Gasteiger partial charge is 0.313 e. The molecule has 0 radical (unpaired) electrons. The summed E-state index contributed by atoms with van der Waals surface area (Å²) in [6.07, 6.45) is -1.90. The lowest BCUT2D eigenvalue weighted by Crippen LogP contribution is -2.29. The fraction of sp³-hybridized carbons (Fsp3) is 0.538. The van der Waals surface area contributed by atoms with Crippen molar-refractivity contribution in [1.29, 1.82) is 0 Å². The molecule has 1 unspecified atom stereocenters. The van der Waals surface area contributed by atoms with Gasteiger partial charge in [0.2, 0.25) is 0 Å². The summed E-state index contributed by atoms with van der Waals surface area (Å²) in [5.74, 6) is -1.28. The third kappa shape index (κ3) is 5.57. The molecule has 1 aromatic rings. The summed E-state index contributed by atoms with van der Waals surface area (Å²) in [6, 6.07) is 3.03. The van der Waals surface area contributed by atoms with Crippen LogP contribution in [0.5, 0.6) is 0 Å². The number of alkyl halides is 2. The molecule has 108 valence electrons. The highest BCUT2D eigenvalue weighted by atomic mass is 19.3. The van der Waals surface area contributed by atoms with Crippen molar-refractivity contribution in [3.05, 3.63) is 35.4 Å². The van der Waals surface area contributed by atoms with Crippen molar-refractivity contribution in [2.24, 2.45) is 0 Å². The second kappa shape index (κ2) is 7.45. The molecule has 0 amide bonds. The molecular weight excluding hydrogens is 260 g/mol. The van der Waals surface area contributed by atoms with Gasteiger partial charge in [-0.05, 0) is 44.8 Å². The molecule has 19 heavy (non-hydrogen) atoms. The van der Waals surface area contributed by atoms with Crippen molar-refractivity contribution < 1.29 is 17.6 Å². The number of hydrogen-bond donors (Lipinski definition) is 1. The van der Waals surface area contributed by atoms with Crippen molar-refractivity contribution >= 4 is 0 Å². The van der Waals surface area contributed by atoms with Crippen LogP contribution in [0, 0.1) is 11.6 Å². The Hall–Kier alpha value is -1.14. The molecule has 1 atom stereocenters. The van der Waals surface area contributed by atoms with Gasteiger partial charge in [0.1, 0.15) is 11.6 Å². The molecule has 0 saturated carbocycles. The Morgan fingerprint density at radius 1 is 1.16 bits per heavy atom. The lowest BCUT2D eigenvalue weighted by molar-refractivity contribution is 0.0986. The molecule has 0 aliphatic rings. The Bertz CT molecular complexity index is 378. The summed E-state index contributed by atoms with van der Waals surface area (Å²) >= 11 is 0. The fourth-order valence-corrected chi connectivity index (χ4v) is 1.93. The van der Waals surface area contributed by atoms with Crippen molar-refractivity contribution in [2.45, 2.75) is 18.9 Å². The first-order valence-corrected chi connectivity index (χ1v) is 6.02. The second-order valence-corrected chi connectivity index (χ2v) is 4.49. The molecule has 0 heterocycles. The van der Waals surface area contributed by atoms with E-state index in [1.165, 1.54) is 17.0 Å². The van der Waals surface area contributed by atoms with Crippen molar-refractivity contribution in [3.63, 3.8) is 0 Å². The minimum absolute atomic E-state index is 0.273. The average Bonchev–Trinajstić information content (AvgIpc) is 2.27. The van der Waals surface area contributed by atoms with Crippen LogP contribution in [-0.4, -0.2) is 38.5 Å². The van der Waals surface area contributed by atoms with Crippen LogP contribution in [0.25, 0.3) is 0 Å². The second-order valence-electron chi connectivity index (χ2n) is 4.49. The summed E-state index contributed by atoms with van der Waals surface area (Å²) in [6.45, 7) is 0.0991. The van der Waals surface area contributed by atoms with Gasteiger partial charge in [-0.15, -0.1) is 0 Å². The predicted molar refractivity (Wildman–Crippen MR) is 66.3 cm³/mol. The van der Waals surface area contributed by atoms with Gasteiger partial charge >= 0.3 is 0 Å². The van der Waals surface area contributed by atoms with E-state index in [0.717, 1.165) is 6.07 Å². The third-order valence-electron chi connectivity index (χ3n) is 2.88. The minimum Gasteiger partial charge on any atom is -0.313 e. The van der Waals surface area contributed by atoms with Gasteiger partial charge in [-0.25, -0.2) is 17.6 Å². The van der Waals surface area contributed by atoms with E-state index in [2.05, 4.69) is 5.32 Å². The molecule has 2 nitrogen and oxygen atoms in total. The van der Waals surface area contributed by atoms with Crippen LogP contribution >= 0.6 is 0 Å². The van der Waals surface area contributed by atoms with Gasteiger partial charge in [0, 0.05) is 12.1 Å². The maximum atomic E-state index is 13.1.